The average molecular weight is 224 g/mol. The molecule has 15 heavy (non-hydrogen) atoms. The number of benzene rings is 1. The minimum absolute atomic E-state index is 0.425. The van der Waals surface area contributed by atoms with Gasteiger partial charge in [-0.25, -0.2) is 4.98 Å². The van der Waals surface area contributed by atoms with Crippen molar-refractivity contribution in [3.8, 4) is 0 Å². The average Bonchev–Trinajstić information content (AvgIpc) is 2.74. The van der Waals surface area contributed by atoms with Crippen LogP contribution in [0.5, 0.6) is 0 Å². The van der Waals surface area contributed by atoms with Crippen LogP contribution in [0.2, 0.25) is 5.02 Å². The monoisotopic (exact) mass is 223 g/mol. The Labute approximate surface area is 91.9 Å². The molecular weight excluding hydrogens is 214 g/mol. The van der Waals surface area contributed by atoms with Gasteiger partial charge < -0.3 is 5.11 Å². The van der Waals surface area contributed by atoms with Crippen LogP contribution in [0.4, 0.5) is 0 Å². The van der Waals surface area contributed by atoms with Gasteiger partial charge in [0.05, 0.1) is 0 Å². The van der Waals surface area contributed by atoms with Crippen LogP contribution in [0.3, 0.4) is 0 Å². The third kappa shape index (κ3) is 2.34. The van der Waals surface area contributed by atoms with E-state index in [1.807, 2.05) is 18.2 Å². The first-order chi connectivity index (χ1) is 7.27. The number of hydrogen-bond donors (Lipinski definition) is 2. The summed E-state index contributed by atoms with van der Waals surface area (Å²) in [6.07, 6.45) is 1.09. The van der Waals surface area contributed by atoms with Crippen LogP contribution in [0.25, 0.3) is 0 Å². The Morgan fingerprint density at radius 1 is 1.40 bits per heavy atom. The number of aromatic nitrogens is 3. The summed E-state index contributed by atoms with van der Waals surface area (Å²) in [4.78, 5) is 3.88. The molecule has 2 rings (SSSR count). The summed E-state index contributed by atoms with van der Waals surface area (Å²) in [6, 6.07) is 7.41. The second-order valence-corrected chi connectivity index (χ2v) is 3.59. The first kappa shape index (κ1) is 10.1. The maximum atomic E-state index is 9.79. The normalized spacial score (nSPS) is 12.7. The molecule has 1 heterocycles. The lowest BCUT2D eigenvalue weighted by molar-refractivity contribution is 0.169. The zero-order valence-electron chi connectivity index (χ0n) is 7.89. The van der Waals surface area contributed by atoms with E-state index in [4.69, 9.17) is 11.6 Å². The van der Waals surface area contributed by atoms with Gasteiger partial charge in [0.15, 0.2) is 5.82 Å². The fraction of sp³-hybridized carbons (Fsp3) is 0.200. The van der Waals surface area contributed by atoms with Crippen molar-refractivity contribution in [2.24, 2.45) is 0 Å². The van der Waals surface area contributed by atoms with Gasteiger partial charge >= 0.3 is 0 Å². The van der Waals surface area contributed by atoms with Crippen LogP contribution in [0.15, 0.2) is 30.6 Å². The smallest absolute Gasteiger partial charge is 0.153 e. The van der Waals surface area contributed by atoms with Crippen LogP contribution >= 0.6 is 11.6 Å². The summed E-state index contributed by atoms with van der Waals surface area (Å²) in [7, 11) is 0. The highest BCUT2D eigenvalue weighted by Gasteiger charge is 2.12. The molecule has 5 heteroatoms. The Bertz CT molecular complexity index is 430. The van der Waals surface area contributed by atoms with Crippen molar-refractivity contribution < 1.29 is 5.11 Å². The van der Waals surface area contributed by atoms with E-state index in [0.29, 0.717) is 17.3 Å². The number of hydrogen-bond acceptors (Lipinski definition) is 3. The highest BCUT2D eigenvalue weighted by atomic mass is 35.5. The lowest BCUT2D eigenvalue weighted by Crippen LogP contribution is -2.04. The Morgan fingerprint density at radius 3 is 2.87 bits per heavy atom. The van der Waals surface area contributed by atoms with Gasteiger partial charge in [0.25, 0.3) is 0 Å². The van der Waals surface area contributed by atoms with Crippen LogP contribution in [-0.4, -0.2) is 20.3 Å². The highest BCUT2D eigenvalue weighted by molar-refractivity contribution is 6.31. The Hall–Kier alpha value is -1.39. The van der Waals surface area contributed by atoms with Gasteiger partial charge in [0.1, 0.15) is 12.4 Å². The standard InChI is InChI=1S/C10H10ClN3O/c11-8-4-2-1-3-7(8)5-9(15)10-12-6-13-14-10/h1-4,6,9,15H,5H2,(H,12,13,14). The molecule has 1 atom stereocenters. The molecule has 0 aliphatic heterocycles. The molecule has 0 spiro atoms. The van der Waals surface area contributed by atoms with Crippen molar-refractivity contribution in [2.45, 2.75) is 12.5 Å². The van der Waals surface area contributed by atoms with Gasteiger partial charge in [-0.05, 0) is 11.6 Å². The number of rotatable bonds is 3. The second-order valence-electron chi connectivity index (χ2n) is 3.18. The molecule has 0 fully saturated rings. The van der Waals surface area contributed by atoms with Crippen molar-refractivity contribution in [1.82, 2.24) is 15.2 Å². The number of aliphatic hydroxyl groups excluding tert-OH is 1. The molecule has 0 radical (unpaired) electrons. The number of H-pyrrole nitrogens is 1. The van der Waals surface area contributed by atoms with E-state index in [-0.39, 0.29) is 0 Å². The molecule has 0 bridgehead atoms. The van der Waals surface area contributed by atoms with Crippen LogP contribution in [0.1, 0.15) is 17.5 Å². The van der Waals surface area contributed by atoms with Gasteiger partial charge in [-0.3, -0.25) is 5.10 Å². The van der Waals surface area contributed by atoms with E-state index >= 15 is 0 Å². The van der Waals surface area contributed by atoms with Crippen molar-refractivity contribution in [3.63, 3.8) is 0 Å². The predicted octanol–water partition coefficient (Wildman–Crippen LogP) is 1.73. The summed E-state index contributed by atoms with van der Waals surface area (Å²) >= 11 is 5.97. The summed E-state index contributed by atoms with van der Waals surface area (Å²) < 4.78 is 0. The zero-order valence-corrected chi connectivity index (χ0v) is 8.65. The van der Waals surface area contributed by atoms with Crippen molar-refractivity contribution in [3.05, 3.63) is 47.0 Å². The van der Waals surface area contributed by atoms with E-state index < -0.39 is 6.10 Å². The van der Waals surface area contributed by atoms with Crippen LogP contribution in [-0.2, 0) is 6.42 Å². The highest BCUT2D eigenvalue weighted by Crippen LogP contribution is 2.21. The first-order valence-corrected chi connectivity index (χ1v) is 4.92. The third-order valence-corrected chi connectivity index (χ3v) is 2.49. The van der Waals surface area contributed by atoms with Crippen LogP contribution < -0.4 is 0 Å². The Morgan fingerprint density at radius 2 is 2.20 bits per heavy atom. The number of nitrogens with zero attached hydrogens (tertiary/aromatic N) is 2. The molecule has 4 nitrogen and oxygen atoms in total. The molecule has 0 aliphatic carbocycles. The summed E-state index contributed by atoms with van der Waals surface area (Å²) in [5.41, 5.74) is 0.892. The van der Waals surface area contributed by atoms with Gasteiger partial charge in [-0.2, -0.15) is 5.10 Å². The SMILES string of the molecule is OC(Cc1ccccc1Cl)c1ncn[nH]1. The van der Waals surface area contributed by atoms with Gasteiger partial charge in [-0.15, -0.1) is 0 Å². The molecule has 1 unspecified atom stereocenters. The Kier molecular flexibility index (Phi) is 2.99. The van der Waals surface area contributed by atoms with Crippen molar-refractivity contribution in [2.75, 3.05) is 0 Å². The molecule has 1 aromatic heterocycles. The topological polar surface area (TPSA) is 61.8 Å². The fourth-order valence-electron chi connectivity index (χ4n) is 1.34. The Balaban J connectivity index is 2.13. The van der Waals surface area contributed by atoms with Crippen molar-refractivity contribution >= 4 is 11.6 Å². The zero-order chi connectivity index (χ0) is 10.7. The quantitative estimate of drug-likeness (QED) is 0.833. The van der Waals surface area contributed by atoms with E-state index in [1.54, 1.807) is 6.07 Å². The number of halogens is 1. The van der Waals surface area contributed by atoms with E-state index in [2.05, 4.69) is 15.2 Å². The molecule has 0 aliphatic rings. The molecule has 2 N–H and O–H groups in total. The molecule has 78 valence electrons. The van der Waals surface area contributed by atoms with Gasteiger partial charge in [-0.1, -0.05) is 29.8 Å². The van der Waals surface area contributed by atoms with E-state index in [9.17, 15) is 5.11 Å². The third-order valence-electron chi connectivity index (χ3n) is 2.12. The minimum Gasteiger partial charge on any atom is -0.385 e. The molecule has 0 saturated heterocycles. The fourth-order valence-corrected chi connectivity index (χ4v) is 1.56. The van der Waals surface area contributed by atoms with Crippen molar-refractivity contribution in [1.29, 1.82) is 0 Å². The number of aliphatic hydroxyl groups is 1. The maximum absolute atomic E-state index is 9.79. The second kappa shape index (κ2) is 4.42. The molecule has 1 aromatic carbocycles. The number of nitrogens with one attached hydrogen (secondary N) is 1. The predicted molar refractivity (Wildman–Crippen MR) is 56.5 cm³/mol. The molecule has 2 aromatic rings. The summed E-state index contributed by atoms with van der Waals surface area (Å²) in [5.74, 6) is 0.454. The first-order valence-electron chi connectivity index (χ1n) is 4.54. The summed E-state index contributed by atoms with van der Waals surface area (Å²) in [5, 5.41) is 16.7. The lowest BCUT2D eigenvalue weighted by atomic mass is 10.1. The lowest BCUT2D eigenvalue weighted by Gasteiger charge is -2.08. The molecule has 0 saturated carbocycles. The molecule has 0 amide bonds. The van der Waals surface area contributed by atoms with E-state index in [0.717, 1.165) is 5.56 Å². The van der Waals surface area contributed by atoms with Crippen LogP contribution in [0, 0.1) is 0 Å². The minimum atomic E-state index is -0.701. The van der Waals surface area contributed by atoms with E-state index in [1.165, 1.54) is 6.33 Å². The summed E-state index contributed by atoms with van der Waals surface area (Å²) in [6.45, 7) is 0. The van der Waals surface area contributed by atoms with Gasteiger partial charge in [0.2, 0.25) is 0 Å². The number of aromatic amines is 1. The largest absolute Gasteiger partial charge is 0.385 e. The van der Waals surface area contributed by atoms with Gasteiger partial charge in [0, 0.05) is 11.4 Å². The maximum Gasteiger partial charge on any atom is 0.153 e. The molecular formula is C10H10ClN3O.